The molecule has 0 aliphatic carbocycles. The van der Waals surface area contributed by atoms with Crippen molar-refractivity contribution >= 4 is 32.6 Å². The van der Waals surface area contributed by atoms with Gasteiger partial charge in [-0.2, -0.15) is 0 Å². The largest absolute Gasteiger partial charge is 0.493 e. The number of aromatic nitrogens is 1. The Morgan fingerprint density at radius 3 is 2.79 bits per heavy atom. The van der Waals surface area contributed by atoms with Crippen molar-refractivity contribution in [1.29, 1.82) is 0 Å². The number of hydrogen-bond donors (Lipinski definition) is 1. The molecule has 3 rings (SSSR count). The Kier molecular flexibility index (Phi) is 4.66. The lowest BCUT2D eigenvalue weighted by molar-refractivity contribution is -0.118. The number of para-hydroxylation sites is 1. The van der Waals surface area contributed by atoms with E-state index in [-0.39, 0.29) is 12.5 Å². The molecule has 0 atom stereocenters. The van der Waals surface area contributed by atoms with E-state index >= 15 is 0 Å². The molecular weight excluding hydrogens is 324 g/mol. The Hall–Kier alpha value is -2.60. The molecule has 0 bridgehead atoms. The van der Waals surface area contributed by atoms with Crippen LogP contribution >= 0.6 is 11.3 Å². The molecule has 24 heavy (non-hydrogen) atoms. The predicted molar refractivity (Wildman–Crippen MR) is 96.2 cm³/mol. The molecule has 6 heteroatoms. The number of fused-ring (bicyclic) bond motifs is 1. The molecule has 0 fully saturated rings. The Morgan fingerprint density at radius 2 is 2.04 bits per heavy atom. The van der Waals surface area contributed by atoms with Crippen LogP contribution in [0.1, 0.15) is 11.1 Å². The Labute approximate surface area is 144 Å². The number of methoxy groups -OCH3 is 1. The smallest absolute Gasteiger partial charge is 0.264 e. The minimum atomic E-state index is -0.255. The molecule has 1 amide bonds. The first-order valence-corrected chi connectivity index (χ1v) is 8.32. The summed E-state index contributed by atoms with van der Waals surface area (Å²) < 4.78 is 11.9. The number of thiazole rings is 1. The quantitative estimate of drug-likeness (QED) is 0.763. The van der Waals surface area contributed by atoms with E-state index < -0.39 is 0 Å². The summed E-state index contributed by atoms with van der Waals surface area (Å²) in [7, 11) is 1.57. The molecule has 0 unspecified atom stereocenters. The average Bonchev–Trinajstić information content (AvgIpc) is 2.97. The van der Waals surface area contributed by atoms with Crippen LogP contribution in [0.2, 0.25) is 0 Å². The highest BCUT2D eigenvalue weighted by atomic mass is 32.1. The van der Waals surface area contributed by atoms with Gasteiger partial charge in [0, 0.05) is 0 Å². The number of ether oxygens (including phenoxy) is 2. The molecule has 1 heterocycles. The second-order valence-electron chi connectivity index (χ2n) is 5.43. The van der Waals surface area contributed by atoms with Crippen LogP contribution in [-0.2, 0) is 4.79 Å². The maximum Gasteiger partial charge on any atom is 0.264 e. The fraction of sp³-hybridized carbons (Fsp3) is 0.222. The second-order valence-corrected chi connectivity index (χ2v) is 6.46. The minimum absolute atomic E-state index is 0.103. The number of amides is 1. The Morgan fingerprint density at radius 1 is 1.21 bits per heavy atom. The fourth-order valence-electron chi connectivity index (χ4n) is 2.33. The summed E-state index contributed by atoms with van der Waals surface area (Å²) in [4.78, 5) is 16.6. The van der Waals surface area contributed by atoms with Crippen molar-refractivity contribution in [1.82, 2.24) is 4.98 Å². The van der Waals surface area contributed by atoms with Gasteiger partial charge in [-0.05, 0) is 43.2 Å². The van der Waals surface area contributed by atoms with Crippen LogP contribution in [0.4, 0.5) is 5.13 Å². The van der Waals surface area contributed by atoms with Gasteiger partial charge >= 0.3 is 0 Å². The summed E-state index contributed by atoms with van der Waals surface area (Å²) in [5, 5.41) is 3.35. The van der Waals surface area contributed by atoms with E-state index in [0.29, 0.717) is 16.6 Å². The molecule has 0 saturated heterocycles. The highest BCUT2D eigenvalue weighted by Crippen LogP contribution is 2.29. The van der Waals surface area contributed by atoms with Crippen LogP contribution in [-0.4, -0.2) is 24.6 Å². The molecule has 0 aliphatic heterocycles. The van der Waals surface area contributed by atoms with Crippen molar-refractivity contribution in [3.05, 3.63) is 47.5 Å². The molecule has 5 nitrogen and oxygen atoms in total. The van der Waals surface area contributed by atoms with Gasteiger partial charge in [-0.1, -0.05) is 29.5 Å². The van der Waals surface area contributed by atoms with Gasteiger partial charge in [-0.25, -0.2) is 4.98 Å². The standard InChI is InChI=1S/C18H18N2O3S/c1-11-7-8-13(14(9-11)22-3)23-10-16(21)19-18-20-17-12(2)5-4-6-15(17)24-18/h4-9H,10H2,1-3H3,(H,19,20,21). The summed E-state index contributed by atoms with van der Waals surface area (Å²) in [6.45, 7) is 3.86. The first kappa shape index (κ1) is 16.3. The highest BCUT2D eigenvalue weighted by Gasteiger charge is 2.11. The lowest BCUT2D eigenvalue weighted by atomic mass is 10.2. The lowest BCUT2D eigenvalue weighted by Crippen LogP contribution is -2.20. The molecule has 3 aromatic rings. The number of aryl methyl sites for hydroxylation is 2. The van der Waals surface area contributed by atoms with Gasteiger partial charge in [-0.3, -0.25) is 10.1 Å². The zero-order valence-corrected chi connectivity index (χ0v) is 14.6. The van der Waals surface area contributed by atoms with E-state index in [2.05, 4.69) is 10.3 Å². The van der Waals surface area contributed by atoms with E-state index in [9.17, 15) is 4.79 Å². The van der Waals surface area contributed by atoms with Gasteiger partial charge in [0.25, 0.3) is 5.91 Å². The number of hydrogen-bond acceptors (Lipinski definition) is 5. The summed E-state index contributed by atoms with van der Waals surface area (Å²) in [6, 6.07) is 11.5. The van der Waals surface area contributed by atoms with Crippen LogP contribution in [0, 0.1) is 13.8 Å². The Balaban J connectivity index is 1.66. The molecule has 0 spiro atoms. The topological polar surface area (TPSA) is 60.5 Å². The maximum atomic E-state index is 12.1. The van der Waals surface area contributed by atoms with Crippen molar-refractivity contribution in [2.75, 3.05) is 19.0 Å². The highest BCUT2D eigenvalue weighted by molar-refractivity contribution is 7.22. The number of carbonyl (C=O) groups is 1. The van der Waals surface area contributed by atoms with Crippen molar-refractivity contribution in [2.45, 2.75) is 13.8 Å². The number of benzene rings is 2. The maximum absolute atomic E-state index is 12.1. The summed E-state index contributed by atoms with van der Waals surface area (Å²) in [6.07, 6.45) is 0. The molecule has 0 radical (unpaired) electrons. The van der Waals surface area contributed by atoms with Gasteiger partial charge < -0.3 is 9.47 Å². The van der Waals surface area contributed by atoms with Gasteiger partial charge in [0.05, 0.1) is 17.3 Å². The number of nitrogens with zero attached hydrogens (tertiary/aromatic N) is 1. The molecule has 1 N–H and O–H groups in total. The van der Waals surface area contributed by atoms with E-state index in [4.69, 9.17) is 9.47 Å². The number of nitrogens with one attached hydrogen (secondary N) is 1. The predicted octanol–water partition coefficient (Wildman–Crippen LogP) is 3.94. The number of carbonyl (C=O) groups excluding carboxylic acids is 1. The lowest BCUT2D eigenvalue weighted by Gasteiger charge is -2.10. The first-order valence-electron chi connectivity index (χ1n) is 7.50. The fourth-order valence-corrected chi connectivity index (χ4v) is 3.29. The molecule has 0 saturated carbocycles. The van der Waals surface area contributed by atoms with Crippen molar-refractivity contribution in [3.8, 4) is 11.5 Å². The van der Waals surface area contributed by atoms with Gasteiger partial charge in [0.2, 0.25) is 0 Å². The minimum Gasteiger partial charge on any atom is -0.493 e. The van der Waals surface area contributed by atoms with E-state index in [0.717, 1.165) is 21.3 Å². The Bertz CT molecular complexity index is 889. The third-order valence-electron chi connectivity index (χ3n) is 3.54. The summed E-state index contributed by atoms with van der Waals surface area (Å²) in [5.74, 6) is 0.895. The average molecular weight is 342 g/mol. The third kappa shape index (κ3) is 3.49. The van der Waals surface area contributed by atoms with Crippen molar-refractivity contribution in [2.24, 2.45) is 0 Å². The SMILES string of the molecule is COc1cc(C)ccc1OCC(=O)Nc1nc2c(C)cccc2s1. The zero-order chi connectivity index (χ0) is 17.1. The number of rotatable bonds is 5. The van der Waals surface area contributed by atoms with E-state index in [1.807, 2.05) is 44.2 Å². The number of anilines is 1. The third-order valence-corrected chi connectivity index (χ3v) is 4.48. The molecular formula is C18H18N2O3S. The van der Waals surface area contributed by atoms with Gasteiger partial charge in [-0.15, -0.1) is 0 Å². The molecule has 1 aromatic heterocycles. The summed E-state index contributed by atoms with van der Waals surface area (Å²) >= 11 is 1.45. The van der Waals surface area contributed by atoms with Crippen LogP contribution in [0.25, 0.3) is 10.2 Å². The van der Waals surface area contributed by atoms with Crippen molar-refractivity contribution < 1.29 is 14.3 Å². The van der Waals surface area contributed by atoms with Crippen LogP contribution in [0.15, 0.2) is 36.4 Å². The second kappa shape index (κ2) is 6.88. The van der Waals surface area contributed by atoms with E-state index in [1.54, 1.807) is 13.2 Å². The first-order chi connectivity index (χ1) is 11.6. The van der Waals surface area contributed by atoms with Crippen LogP contribution < -0.4 is 14.8 Å². The molecule has 2 aromatic carbocycles. The van der Waals surface area contributed by atoms with Crippen LogP contribution in [0.3, 0.4) is 0 Å². The summed E-state index contributed by atoms with van der Waals surface area (Å²) in [5.41, 5.74) is 3.07. The van der Waals surface area contributed by atoms with Crippen LogP contribution in [0.5, 0.6) is 11.5 Å². The normalized spacial score (nSPS) is 10.6. The molecule has 0 aliphatic rings. The van der Waals surface area contributed by atoms with Crippen molar-refractivity contribution in [3.63, 3.8) is 0 Å². The zero-order valence-electron chi connectivity index (χ0n) is 13.8. The van der Waals surface area contributed by atoms with E-state index in [1.165, 1.54) is 11.3 Å². The van der Waals surface area contributed by atoms with Gasteiger partial charge in [0.15, 0.2) is 23.2 Å². The monoisotopic (exact) mass is 342 g/mol. The molecule has 124 valence electrons. The van der Waals surface area contributed by atoms with Gasteiger partial charge in [0.1, 0.15) is 0 Å².